The fourth-order valence-electron chi connectivity index (χ4n) is 3.89. The normalized spacial score (nSPS) is 24.6. The van der Waals surface area contributed by atoms with Gasteiger partial charge in [0.05, 0.1) is 0 Å². The molecular formula is C19H31N3O. The van der Waals surface area contributed by atoms with E-state index in [1.54, 1.807) is 6.07 Å². The zero-order valence-electron chi connectivity index (χ0n) is 14.6. The quantitative estimate of drug-likeness (QED) is 0.902. The smallest absolute Gasteiger partial charge is 0.115 e. The summed E-state index contributed by atoms with van der Waals surface area (Å²) in [7, 11) is 0. The number of phenolic OH excluding ortho intramolecular Hbond substituents is 1. The molecule has 1 N–H and O–H groups in total. The van der Waals surface area contributed by atoms with E-state index in [4.69, 9.17) is 0 Å². The van der Waals surface area contributed by atoms with Crippen molar-refractivity contribution in [1.82, 2.24) is 14.7 Å². The average molecular weight is 317 g/mol. The number of hydrogen-bond donors (Lipinski definition) is 1. The van der Waals surface area contributed by atoms with Gasteiger partial charge in [0.15, 0.2) is 0 Å². The highest BCUT2D eigenvalue weighted by Gasteiger charge is 2.27. The average Bonchev–Trinajstić information content (AvgIpc) is 2.98. The van der Waals surface area contributed by atoms with E-state index in [0.717, 1.165) is 25.6 Å². The topological polar surface area (TPSA) is 30.0 Å². The molecule has 2 fully saturated rings. The SMILES string of the molecule is CC(C)N1CCC(CN2CCN(Cc3cccc(O)c3)CC2)C1. The van der Waals surface area contributed by atoms with Crippen LogP contribution in [0.1, 0.15) is 25.8 Å². The molecule has 4 nitrogen and oxygen atoms in total. The van der Waals surface area contributed by atoms with Gasteiger partial charge in [-0.2, -0.15) is 0 Å². The fraction of sp³-hybridized carbons (Fsp3) is 0.684. The summed E-state index contributed by atoms with van der Waals surface area (Å²) in [5, 5.41) is 9.57. The maximum Gasteiger partial charge on any atom is 0.115 e. The van der Waals surface area contributed by atoms with Crippen LogP contribution in [0.15, 0.2) is 24.3 Å². The van der Waals surface area contributed by atoms with Gasteiger partial charge in [-0.25, -0.2) is 0 Å². The lowest BCUT2D eigenvalue weighted by molar-refractivity contribution is 0.112. The number of piperazine rings is 1. The minimum atomic E-state index is 0.372. The zero-order chi connectivity index (χ0) is 16.2. The molecule has 2 aliphatic heterocycles. The minimum Gasteiger partial charge on any atom is -0.508 e. The van der Waals surface area contributed by atoms with Gasteiger partial charge >= 0.3 is 0 Å². The summed E-state index contributed by atoms with van der Waals surface area (Å²) in [6.45, 7) is 14.0. The van der Waals surface area contributed by atoms with Gasteiger partial charge in [0, 0.05) is 51.9 Å². The number of phenols is 1. The maximum atomic E-state index is 9.57. The van der Waals surface area contributed by atoms with Crippen molar-refractivity contribution >= 4 is 0 Å². The highest BCUT2D eigenvalue weighted by molar-refractivity contribution is 5.27. The summed E-state index contributed by atoms with van der Waals surface area (Å²) in [4.78, 5) is 7.76. The van der Waals surface area contributed by atoms with Crippen molar-refractivity contribution in [3.8, 4) is 5.75 Å². The largest absolute Gasteiger partial charge is 0.508 e. The van der Waals surface area contributed by atoms with Crippen LogP contribution in [0.5, 0.6) is 5.75 Å². The first kappa shape index (κ1) is 16.7. The molecule has 1 aromatic carbocycles. The molecule has 0 amide bonds. The molecule has 0 spiro atoms. The maximum absolute atomic E-state index is 9.57. The van der Waals surface area contributed by atoms with E-state index in [1.165, 1.54) is 44.7 Å². The lowest BCUT2D eigenvalue weighted by Gasteiger charge is -2.36. The number of aromatic hydroxyl groups is 1. The number of likely N-dealkylation sites (tertiary alicyclic amines) is 1. The third-order valence-electron chi connectivity index (χ3n) is 5.35. The van der Waals surface area contributed by atoms with Crippen molar-refractivity contribution in [2.45, 2.75) is 32.9 Å². The standard InChI is InChI=1S/C19H31N3O/c1-16(2)22-7-6-18(15-22)14-21-10-8-20(9-11-21)13-17-4-3-5-19(23)12-17/h3-5,12,16,18,23H,6-11,13-15H2,1-2H3. The van der Waals surface area contributed by atoms with E-state index >= 15 is 0 Å². The van der Waals surface area contributed by atoms with Gasteiger partial charge in [-0.1, -0.05) is 12.1 Å². The van der Waals surface area contributed by atoms with Crippen LogP contribution in [0.2, 0.25) is 0 Å². The zero-order valence-corrected chi connectivity index (χ0v) is 14.6. The summed E-state index contributed by atoms with van der Waals surface area (Å²) in [5.74, 6) is 1.23. The Kier molecular flexibility index (Phi) is 5.57. The monoisotopic (exact) mass is 317 g/mol. The molecule has 2 aliphatic rings. The van der Waals surface area contributed by atoms with Gasteiger partial charge in [-0.3, -0.25) is 4.90 Å². The molecule has 128 valence electrons. The summed E-state index contributed by atoms with van der Waals surface area (Å²) >= 11 is 0. The van der Waals surface area contributed by atoms with Crippen LogP contribution in [-0.2, 0) is 6.54 Å². The number of benzene rings is 1. The lowest BCUT2D eigenvalue weighted by atomic mass is 10.1. The Labute approximate surface area is 140 Å². The van der Waals surface area contributed by atoms with Crippen molar-refractivity contribution < 1.29 is 5.11 Å². The molecule has 0 aromatic heterocycles. The van der Waals surface area contributed by atoms with Crippen LogP contribution >= 0.6 is 0 Å². The van der Waals surface area contributed by atoms with E-state index in [9.17, 15) is 5.11 Å². The highest BCUT2D eigenvalue weighted by Crippen LogP contribution is 2.20. The van der Waals surface area contributed by atoms with Gasteiger partial charge < -0.3 is 14.9 Å². The number of hydrogen-bond acceptors (Lipinski definition) is 4. The minimum absolute atomic E-state index is 0.372. The second-order valence-corrected chi connectivity index (χ2v) is 7.49. The Bertz CT molecular complexity index is 497. The lowest BCUT2D eigenvalue weighted by Crippen LogP contribution is -2.47. The third kappa shape index (κ3) is 4.69. The molecule has 3 rings (SSSR count). The molecule has 0 radical (unpaired) electrons. The first-order valence-corrected chi connectivity index (χ1v) is 9.07. The van der Waals surface area contributed by atoms with E-state index < -0.39 is 0 Å². The van der Waals surface area contributed by atoms with Crippen molar-refractivity contribution in [3.63, 3.8) is 0 Å². The van der Waals surface area contributed by atoms with Gasteiger partial charge in [-0.05, 0) is 50.4 Å². The fourth-order valence-corrected chi connectivity index (χ4v) is 3.89. The second-order valence-electron chi connectivity index (χ2n) is 7.49. The summed E-state index contributed by atoms with van der Waals surface area (Å²) < 4.78 is 0. The predicted octanol–water partition coefficient (Wildman–Crippen LogP) is 2.24. The van der Waals surface area contributed by atoms with E-state index in [-0.39, 0.29) is 0 Å². The summed E-state index contributed by atoms with van der Waals surface area (Å²) in [5.41, 5.74) is 1.21. The first-order valence-electron chi connectivity index (χ1n) is 9.07. The molecule has 0 bridgehead atoms. The van der Waals surface area contributed by atoms with E-state index in [0.29, 0.717) is 11.8 Å². The van der Waals surface area contributed by atoms with Crippen LogP contribution in [0, 0.1) is 5.92 Å². The molecule has 4 heteroatoms. The van der Waals surface area contributed by atoms with E-state index in [1.807, 2.05) is 12.1 Å². The van der Waals surface area contributed by atoms with Gasteiger partial charge in [0.1, 0.15) is 5.75 Å². The molecule has 1 atom stereocenters. The molecule has 0 aliphatic carbocycles. The van der Waals surface area contributed by atoms with Crippen LogP contribution in [0.4, 0.5) is 0 Å². The Morgan fingerprint density at radius 2 is 1.83 bits per heavy atom. The van der Waals surface area contributed by atoms with Crippen LogP contribution in [0.3, 0.4) is 0 Å². The highest BCUT2D eigenvalue weighted by atomic mass is 16.3. The van der Waals surface area contributed by atoms with E-state index in [2.05, 4.69) is 34.6 Å². The van der Waals surface area contributed by atoms with Crippen molar-refractivity contribution in [3.05, 3.63) is 29.8 Å². The van der Waals surface area contributed by atoms with Crippen LogP contribution in [0.25, 0.3) is 0 Å². The van der Waals surface area contributed by atoms with Gasteiger partial charge in [-0.15, -0.1) is 0 Å². The predicted molar refractivity (Wildman–Crippen MR) is 94.6 cm³/mol. The Balaban J connectivity index is 1.40. The molecule has 2 saturated heterocycles. The number of rotatable bonds is 5. The second kappa shape index (κ2) is 7.65. The molecule has 23 heavy (non-hydrogen) atoms. The van der Waals surface area contributed by atoms with Crippen LogP contribution in [-0.4, -0.2) is 71.7 Å². The molecule has 2 heterocycles. The summed E-state index contributed by atoms with van der Waals surface area (Å²) in [6, 6.07) is 8.35. The van der Waals surface area contributed by atoms with Crippen molar-refractivity contribution in [1.29, 1.82) is 0 Å². The molecule has 1 unspecified atom stereocenters. The number of nitrogens with zero attached hydrogens (tertiary/aromatic N) is 3. The van der Waals surface area contributed by atoms with Gasteiger partial charge in [0.2, 0.25) is 0 Å². The first-order chi connectivity index (χ1) is 11.1. The molecule has 0 saturated carbocycles. The summed E-state index contributed by atoms with van der Waals surface area (Å²) in [6.07, 6.45) is 1.36. The van der Waals surface area contributed by atoms with Crippen molar-refractivity contribution in [2.75, 3.05) is 45.8 Å². The van der Waals surface area contributed by atoms with Crippen molar-refractivity contribution in [2.24, 2.45) is 5.92 Å². The Morgan fingerprint density at radius 1 is 1.09 bits per heavy atom. The Morgan fingerprint density at radius 3 is 2.48 bits per heavy atom. The molecular weight excluding hydrogens is 286 g/mol. The van der Waals surface area contributed by atoms with Gasteiger partial charge in [0.25, 0.3) is 0 Å². The molecule has 1 aromatic rings. The third-order valence-corrected chi connectivity index (χ3v) is 5.35. The Hall–Kier alpha value is -1.10. The van der Waals surface area contributed by atoms with Crippen LogP contribution < -0.4 is 0 Å².